The van der Waals surface area contributed by atoms with Gasteiger partial charge in [-0.25, -0.2) is 0 Å². The van der Waals surface area contributed by atoms with Gasteiger partial charge in [0.1, 0.15) is 0 Å². The molecule has 0 spiro atoms. The monoisotopic (exact) mass is 185 g/mol. The maximum atomic E-state index is 4.21. The van der Waals surface area contributed by atoms with Gasteiger partial charge in [0, 0.05) is 0 Å². The number of hydrogen-bond acceptors (Lipinski definition) is 4. The molecule has 1 unspecified atom stereocenters. The molecule has 0 aromatic carbocycles. The van der Waals surface area contributed by atoms with Crippen LogP contribution in [0.1, 0.15) is 32.0 Å². The second-order valence-corrected chi connectivity index (χ2v) is 3.86. The summed E-state index contributed by atoms with van der Waals surface area (Å²) in [6, 6.07) is 0.365. The molecule has 0 aliphatic carbocycles. The van der Waals surface area contributed by atoms with E-state index >= 15 is 0 Å². The first-order valence-electron chi connectivity index (χ1n) is 4.18. The second-order valence-electron chi connectivity index (χ2n) is 3.30. The number of aromatic nitrogens is 2. The van der Waals surface area contributed by atoms with E-state index in [1.54, 1.807) is 0 Å². The van der Waals surface area contributed by atoms with Gasteiger partial charge in [0.25, 0.3) is 0 Å². The molecule has 0 radical (unpaired) electrons. The lowest BCUT2D eigenvalue weighted by Crippen LogP contribution is -2.18. The van der Waals surface area contributed by atoms with E-state index in [0.717, 1.165) is 12.1 Å². The summed E-state index contributed by atoms with van der Waals surface area (Å²) in [6.45, 7) is 4.42. The summed E-state index contributed by atoms with van der Waals surface area (Å²) < 4.78 is 8.20. The Morgan fingerprint density at radius 2 is 2.33 bits per heavy atom. The Morgan fingerprint density at radius 3 is 2.75 bits per heavy atom. The molecule has 0 aliphatic heterocycles. The lowest BCUT2D eigenvalue weighted by atomic mass is 10.0. The minimum atomic E-state index is 0.365. The molecular weight excluding hydrogens is 170 g/mol. The van der Waals surface area contributed by atoms with Gasteiger partial charge in [0.15, 0.2) is 0 Å². The average Bonchev–Trinajstić information content (AvgIpc) is 2.51. The Morgan fingerprint density at radius 1 is 1.58 bits per heavy atom. The van der Waals surface area contributed by atoms with E-state index in [0.29, 0.717) is 12.0 Å². The van der Waals surface area contributed by atoms with Crippen molar-refractivity contribution < 1.29 is 0 Å². The first-order valence-corrected chi connectivity index (χ1v) is 4.91. The van der Waals surface area contributed by atoms with Gasteiger partial charge < -0.3 is 5.32 Å². The molecule has 1 aromatic rings. The summed E-state index contributed by atoms with van der Waals surface area (Å²) in [5.41, 5.74) is 1.07. The van der Waals surface area contributed by atoms with Gasteiger partial charge in [-0.15, -0.1) is 0 Å². The van der Waals surface area contributed by atoms with Gasteiger partial charge in [-0.3, -0.25) is 0 Å². The van der Waals surface area contributed by atoms with Gasteiger partial charge in [0.2, 0.25) is 0 Å². The molecule has 1 rings (SSSR count). The van der Waals surface area contributed by atoms with Crippen LogP contribution in [0.15, 0.2) is 6.20 Å². The van der Waals surface area contributed by atoms with Crippen LogP contribution in [0.5, 0.6) is 0 Å². The molecular formula is C8H15N3S. The topological polar surface area (TPSA) is 37.8 Å². The van der Waals surface area contributed by atoms with E-state index in [2.05, 4.69) is 27.9 Å². The standard InChI is InChI=1S/C8H15N3S/c1-6(2)4-7(9-3)8-5-10-12-11-8/h5-7,9H,4H2,1-3H3. The van der Waals surface area contributed by atoms with Crippen molar-refractivity contribution in [2.75, 3.05) is 7.05 Å². The first-order chi connectivity index (χ1) is 5.74. The van der Waals surface area contributed by atoms with Crippen molar-refractivity contribution in [3.05, 3.63) is 11.9 Å². The van der Waals surface area contributed by atoms with Crippen LogP contribution >= 0.6 is 11.7 Å². The molecule has 1 atom stereocenters. The zero-order chi connectivity index (χ0) is 8.97. The molecule has 1 N–H and O–H groups in total. The molecule has 0 aliphatic rings. The van der Waals surface area contributed by atoms with E-state index < -0.39 is 0 Å². The highest BCUT2D eigenvalue weighted by Crippen LogP contribution is 2.18. The van der Waals surface area contributed by atoms with Crippen LogP contribution in [0.2, 0.25) is 0 Å². The van der Waals surface area contributed by atoms with Crippen LogP contribution in [0.4, 0.5) is 0 Å². The Hall–Kier alpha value is -0.480. The minimum Gasteiger partial charge on any atom is -0.312 e. The summed E-state index contributed by atoms with van der Waals surface area (Å²) in [5.74, 6) is 0.684. The zero-order valence-electron chi connectivity index (χ0n) is 7.74. The highest BCUT2D eigenvalue weighted by atomic mass is 32.1. The SMILES string of the molecule is CNC(CC(C)C)c1cnsn1. The Balaban J connectivity index is 2.57. The van der Waals surface area contributed by atoms with Gasteiger partial charge in [-0.2, -0.15) is 8.75 Å². The summed E-state index contributed by atoms with van der Waals surface area (Å²) in [7, 11) is 1.96. The normalized spacial score (nSPS) is 13.7. The van der Waals surface area contributed by atoms with Crippen molar-refractivity contribution in [3.63, 3.8) is 0 Å². The molecule has 0 amide bonds. The van der Waals surface area contributed by atoms with Crippen LogP contribution in [0, 0.1) is 5.92 Å². The second kappa shape index (κ2) is 4.52. The third kappa shape index (κ3) is 2.53. The number of hydrogen-bond donors (Lipinski definition) is 1. The molecule has 0 saturated carbocycles. The van der Waals surface area contributed by atoms with E-state index in [4.69, 9.17) is 0 Å². The smallest absolute Gasteiger partial charge is 0.0912 e. The van der Waals surface area contributed by atoms with Crippen LogP contribution < -0.4 is 5.32 Å². The summed E-state index contributed by atoms with van der Waals surface area (Å²) >= 11 is 1.27. The first kappa shape index (κ1) is 9.61. The Kier molecular flexibility index (Phi) is 3.62. The summed E-state index contributed by atoms with van der Waals surface area (Å²) in [6.07, 6.45) is 2.95. The fourth-order valence-electron chi connectivity index (χ4n) is 1.18. The van der Waals surface area contributed by atoms with Gasteiger partial charge >= 0.3 is 0 Å². The van der Waals surface area contributed by atoms with E-state index in [-0.39, 0.29) is 0 Å². The van der Waals surface area contributed by atoms with Crippen LogP contribution in [-0.2, 0) is 0 Å². The molecule has 0 bridgehead atoms. The van der Waals surface area contributed by atoms with Crippen molar-refractivity contribution in [1.29, 1.82) is 0 Å². The van der Waals surface area contributed by atoms with Crippen LogP contribution in [-0.4, -0.2) is 15.8 Å². The van der Waals surface area contributed by atoms with Gasteiger partial charge in [0.05, 0.1) is 29.7 Å². The largest absolute Gasteiger partial charge is 0.312 e. The van der Waals surface area contributed by atoms with Crippen LogP contribution in [0.3, 0.4) is 0 Å². The number of nitrogens with one attached hydrogen (secondary N) is 1. The van der Waals surface area contributed by atoms with Crippen LogP contribution in [0.25, 0.3) is 0 Å². The fraction of sp³-hybridized carbons (Fsp3) is 0.750. The van der Waals surface area contributed by atoms with Gasteiger partial charge in [-0.1, -0.05) is 13.8 Å². The molecule has 1 heterocycles. The van der Waals surface area contributed by atoms with E-state index in [9.17, 15) is 0 Å². The van der Waals surface area contributed by atoms with Crippen molar-refractivity contribution in [2.24, 2.45) is 5.92 Å². The third-order valence-corrected chi connectivity index (χ3v) is 2.28. The molecule has 68 valence electrons. The highest BCUT2D eigenvalue weighted by molar-refractivity contribution is 6.99. The zero-order valence-corrected chi connectivity index (χ0v) is 8.56. The van der Waals surface area contributed by atoms with Crippen molar-refractivity contribution in [2.45, 2.75) is 26.3 Å². The molecule has 0 fully saturated rings. The maximum absolute atomic E-state index is 4.21. The van der Waals surface area contributed by atoms with Crippen molar-refractivity contribution >= 4 is 11.7 Å². The lowest BCUT2D eigenvalue weighted by Gasteiger charge is -2.14. The van der Waals surface area contributed by atoms with Crippen molar-refractivity contribution in [3.8, 4) is 0 Å². The van der Waals surface area contributed by atoms with Gasteiger partial charge in [-0.05, 0) is 19.4 Å². The predicted octanol–water partition coefficient (Wildman–Crippen LogP) is 1.84. The maximum Gasteiger partial charge on any atom is 0.0912 e. The van der Waals surface area contributed by atoms with Crippen molar-refractivity contribution in [1.82, 2.24) is 14.1 Å². The fourth-order valence-corrected chi connectivity index (χ4v) is 1.65. The van der Waals surface area contributed by atoms with E-state index in [1.807, 2.05) is 13.2 Å². The highest BCUT2D eigenvalue weighted by Gasteiger charge is 2.12. The lowest BCUT2D eigenvalue weighted by molar-refractivity contribution is 0.451. The quantitative estimate of drug-likeness (QED) is 0.778. The Labute approximate surface area is 77.5 Å². The summed E-state index contributed by atoms with van der Waals surface area (Å²) in [4.78, 5) is 0. The molecule has 0 saturated heterocycles. The molecule has 12 heavy (non-hydrogen) atoms. The molecule has 1 aromatic heterocycles. The average molecular weight is 185 g/mol. The number of nitrogens with zero attached hydrogens (tertiary/aromatic N) is 2. The number of rotatable bonds is 4. The summed E-state index contributed by atoms with van der Waals surface area (Å²) in [5, 5.41) is 3.24. The van der Waals surface area contributed by atoms with E-state index in [1.165, 1.54) is 11.7 Å². The predicted molar refractivity (Wildman–Crippen MR) is 51.2 cm³/mol. The third-order valence-electron chi connectivity index (χ3n) is 1.79. The molecule has 3 nitrogen and oxygen atoms in total. The minimum absolute atomic E-state index is 0.365. The Bertz CT molecular complexity index is 208. The molecule has 4 heteroatoms.